The number of aryl methyl sites for hydroxylation is 8. The second-order valence-corrected chi connectivity index (χ2v) is 20.6. The van der Waals surface area contributed by atoms with E-state index in [2.05, 4.69) is 215 Å². The maximum atomic E-state index is 17.6. The Kier molecular flexibility index (Phi) is 10.9. The molecule has 0 fully saturated rings. The summed E-state index contributed by atoms with van der Waals surface area (Å²) in [6.45, 7) is 25.5. The SMILES string of the molecule is [C-]#[N+]c1ccc(-n2c3ccc(-c4cc(C)cc(C)c4)cc3c3cc(-c4cc(C)cc(C)c4)ccc32)c(-c2c(F)cccc2-n2c3ccc(-c4cc(C)cc(C)c4)cc3c3cc(-c4cc(C)cc(C)c4)ccc32)c1. The van der Waals surface area contributed by atoms with Crippen molar-refractivity contribution < 1.29 is 4.39 Å². The Balaban J connectivity index is 1.13. The molecule has 0 amide bonds. The van der Waals surface area contributed by atoms with Crippen LogP contribution in [0.25, 0.3) is 115 Å². The van der Waals surface area contributed by atoms with Gasteiger partial charge >= 0.3 is 0 Å². The van der Waals surface area contributed by atoms with Crippen LogP contribution in [0.4, 0.5) is 10.1 Å². The van der Waals surface area contributed by atoms with Crippen molar-refractivity contribution >= 4 is 49.3 Å². The first kappa shape index (κ1) is 45.4. The van der Waals surface area contributed by atoms with Gasteiger partial charge < -0.3 is 9.13 Å². The fraction of sp³-hybridized carbons (Fsp3) is 0.116. The molecule has 0 bridgehead atoms. The average Bonchev–Trinajstić information content (AvgIpc) is 3.86. The molecule has 4 heteroatoms. The summed E-state index contributed by atoms with van der Waals surface area (Å²) in [6, 6.07) is 64.8. The lowest BCUT2D eigenvalue weighted by molar-refractivity contribution is 0.630. The average molecular weight is 944 g/mol. The summed E-state index contributed by atoms with van der Waals surface area (Å²) in [5.41, 5.74) is 25.7. The summed E-state index contributed by atoms with van der Waals surface area (Å²) in [4.78, 5) is 3.96. The zero-order valence-corrected chi connectivity index (χ0v) is 42.5. The summed E-state index contributed by atoms with van der Waals surface area (Å²) in [5.74, 6) is -0.371. The topological polar surface area (TPSA) is 14.2 Å². The van der Waals surface area contributed by atoms with E-state index in [1.54, 1.807) is 6.07 Å². The van der Waals surface area contributed by atoms with E-state index in [4.69, 9.17) is 6.57 Å². The van der Waals surface area contributed by atoms with E-state index in [1.165, 1.54) is 44.5 Å². The smallest absolute Gasteiger partial charge is 0.188 e. The minimum absolute atomic E-state index is 0.371. The van der Waals surface area contributed by atoms with Crippen molar-refractivity contribution in [2.75, 3.05) is 0 Å². The Hall–Kier alpha value is -8.78. The molecule has 0 spiro atoms. The first-order valence-corrected chi connectivity index (χ1v) is 25.1. The zero-order chi connectivity index (χ0) is 50.4. The zero-order valence-electron chi connectivity index (χ0n) is 42.5. The van der Waals surface area contributed by atoms with Gasteiger partial charge in [-0.1, -0.05) is 154 Å². The Bertz CT molecular complexity index is 4020. The van der Waals surface area contributed by atoms with Gasteiger partial charge in [-0.15, -0.1) is 0 Å². The summed E-state index contributed by atoms with van der Waals surface area (Å²) in [5, 5.41) is 4.33. The van der Waals surface area contributed by atoms with Gasteiger partial charge in [0, 0.05) is 32.7 Å². The van der Waals surface area contributed by atoms with Crippen LogP contribution in [-0.4, -0.2) is 9.13 Å². The van der Waals surface area contributed by atoms with Crippen LogP contribution in [0.1, 0.15) is 44.5 Å². The van der Waals surface area contributed by atoms with Gasteiger partial charge in [-0.25, -0.2) is 9.24 Å². The van der Waals surface area contributed by atoms with Crippen LogP contribution < -0.4 is 0 Å². The van der Waals surface area contributed by atoms with E-state index in [9.17, 15) is 0 Å². The first-order chi connectivity index (χ1) is 35.3. The fourth-order valence-corrected chi connectivity index (χ4v) is 11.8. The molecule has 0 N–H and O–H groups in total. The molecule has 0 radical (unpaired) electrons. The van der Waals surface area contributed by atoms with Gasteiger partial charge in [-0.05, 0) is 173 Å². The number of hydrogen-bond acceptors (Lipinski definition) is 0. The largest absolute Gasteiger partial charge is 0.309 e. The highest BCUT2D eigenvalue weighted by atomic mass is 19.1. The van der Waals surface area contributed by atoms with Crippen molar-refractivity contribution in [2.24, 2.45) is 0 Å². The molecular weight excluding hydrogens is 890 g/mol. The second kappa shape index (κ2) is 17.5. The van der Waals surface area contributed by atoms with Crippen LogP contribution in [0.3, 0.4) is 0 Å². The quantitative estimate of drug-likeness (QED) is 0.141. The monoisotopic (exact) mass is 943 g/mol. The number of rotatable bonds is 7. The van der Waals surface area contributed by atoms with Crippen LogP contribution in [0.15, 0.2) is 182 Å². The Morgan fingerprint density at radius 3 is 0.986 bits per heavy atom. The summed E-state index contributed by atoms with van der Waals surface area (Å²) in [6.07, 6.45) is 0. The molecule has 10 aromatic carbocycles. The molecule has 0 aliphatic rings. The number of aromatic nitrogens is 2. The van der Waals surface area contributed by atoms with E-state index in [1.807, 2.05) is 30.3 Å². The molecule has 0 unspecified atom stereocenters. The van der Waals surface area contributed by atoms with Crippen molar-refractivity contribution in [3.63, 3.8) is 0 Å². The third-order valence-corrected chi connectivity index (χ3v) is 14.6. The molecule has 2 heterocycles. The lowest BCUT2D eigenvalue weighted by Gasteiger charge is -2.20. The molecule has 352 valence electrons. The Labute approximate surface area is 426 Å². The Morgan fingerprint density at radius 2 is 0.658 bits per heavy atom. The number of halogens is 1. The molecule has 12 rings (SSSR count). The molecule has 3 nitrogen and oxygen atoms in total. The Morgan fingerprint density at radius 1 is 0.329 bits per heavy atom. The van der Waals surface area contributed by atoms with E-state index < -0.39 is 0 Å². The van der Waals surface area contributed by atoms with Crippen LogP contribution in [0, 0.1) is 67.8 Å². The number of fused-ring (bicyclic) bond motifs is 6. The lowest BCUT2D eigenvalue weighted by Crippen LogP contribution is -2.03. The lowest BCUT2D eigenvalue weighted by atomic mass is 9.97. The van der Waals surface area contributed by atoms with E-state index >= 15 is 4.39 Å². The highest BCUT2D eigenvalue weighted by Gasteiger charge is 2.24. The molecule has 12 aromatic rings. The first-order valence-electron chi connectivity index (χ1n) is 25.1. The van der Waals surface area contributed by atoms with Crippen molar-refractivity contribution in [3.05, 3.63) is 244 Å². The molecule has 0 saturated heterocycles. The van der Waals surface area contributed by atoms with Gasteiger partial charge in [0.1, 0.15) is 5.82 Å². The summed E-state index contributed by atoms with van der Waals surface area (Å²) >= 11 is 0. The molecule has 0 atom stereocenters. The minimum atomic E-state index is -0.371. The summed E-state index contributed by atoms with van der Waals surface area (Å²) in [7, 11) is 0. The van der Waals surface area contributed by atoms with E-state index in [0.29, 0.717) is 22.5 Å². The van der Waals surface area contributed by atoms with Gasteiger partial charge in [0.05, 0.1) is 40.0 Å². The van der Waals surface area contributed by atoms with Crippen molar-refractivity contribution in [1.29, 1.82) is 0 Å². The molecule has 73 heavy (non-hydrogen) atoms. The summed E-state index contributed by atoms with van der Waals surface area (Å²) < 4.78 is 22.2. The van der Waals surface area contributed by atoms with Crippen molar-refractivity contribution in [3.8, 4) is 67.0 Å². The van der Waals surface area contributed by atoms with Crippen molar-refractivity contribution in [2.45, 2.75) is 55.4 Å². The molecule has 0 saturated carbocycles. The fourth-order valence-electron chi connectivity index (χ4n) is 11.8. The van der Waals surface area contributed by atoms with Gasteiger partial charge in [-0.3, -0.25) is 0 Å². The maximum Gasteiger partial charge on any atom is 0.188 e. The third-order valence-electron chi connectivity index (χ3n) is 14.6. The predicted octanol–water partition coefficient (Wildman–Crippen LogP) is 19.4. The maximum absolute atomic E-state index is 17.6. The number of hydrogen-bond donors (Lipinski definition) is 0. The predicted molar refractivity (Wildman–Crippen MR) is 306 cm³/mol. The van der Waals surface area contributed by atoms with Crippen LogP contribution in [0.2, 0.25) is 0 Å². The third kappa shape index (κ3) is 7.99. The van der Waals surface area contributed by atoms with Crippen LogP contribution >= 0.6 is 0 Å². The highest BCUT2D eigenvalue weighted by molar-refractivity contribution is 6.14. The second-order valence-electron chi connectivity index (χ2n) is 20.6. The molecule has 2 aromatic heterocycles. The van der Waals surface area contributed by atoms with Gasteiger partial charge in [-0.2, -0.15) is 0 Å². The number of benzene rings is 10. The van der Waals surface area contributed by atoms with Gasteiger partial charge in [0.2, 0.25) is 0 Å². The van der Waals surface area contributed by atoms with Crippen LogP contribution in [0.5, 0.6) is 0 Å². The van der Waals surface area contributed by atoms with E-state index in [-0.39, 0.29) is 5.82 Å². The highest BCUT2D eigenvalue weighted by Crippen LogP contribution is 2.45. The van der Waals surface area contributed by atoms with Crippen molar-refractivity contribution in [1.82, 2.24) is 9.13 Å². The normalized spacial score (nSPS) is 11.6. The van der Waals surface area contributed by atoms with Gasteiger partial charge in [0.15, 0.2) is 5.69 Å². The number of nitrogens with zero attached hydrogens (tertiary/aromatic N) is 3. The van der Waals surface area contributed by atoms with Crippen LogP contribution in [-0.2, 0) is 0 Å². The molecular formula is C69H54FN3. The van der Waals surface area contributed by atoms with Gasteiger partial charge in [0.25, 0.3) is 0 Å². The molecule has 0 aliphatic heterocycles. The standard InChI is InChI=1S/C69H54FN3/c1-40-23-41(2)28-52(27-40)48-13-18-63-57(35-48)58-36-49(53-29-42(3)24-43(4)30-53)14-19-64(58)72(63)67-22-17-56(71-9)39-61(67)69-62(70)11-10-12-68(69)73-65-20-15-50(54-31-44(5)25-45(6)32-54)37-59(65)60-38-51(16-21-66(60)73)55-33-46(7)26-47(8)34-55/h10-39H,1-8H3. The molecule has 0 aliphatic carbocycles. The minimum Gasteiger partial charge on any atom is -0.309 e. The van der Waals surface area contributed by atoms with E-state index in [0.717, 1.165) is 93.8 Å².